The topological polar surface area (TPSA) is 12.5 Å². The van der Waals surface area contributed by atoms with Crippen LogP contribution >= 0.6 is 23.5 Å². The number of thioether (sulfide) groups is 2. The lowest BCUT2D eigenvalue weighted by molar-refractivity contribution is 0.415. The van der Waals surface area contributed by atoms with Crippen molar-refractivity contribution in [2.75, 3.05) is 35.3 Å². The van der Waals surface area contributed by atoms with Crippen LogP contribution in [-0.4, -0.2) is 30.4 Å². The van der Waals surface area contributed by atoms with Gasteiger partial charge in [-0.3, -0.25) is 0 Å². The Morgan fingerprint density at radius 3 is 2.21 bits per heavy atom. The summed E-state index contributed by atoms with van der Waals surface area (Å²) in [5, 5.41) is 0. The second-order valence-electron chi connectivity index (χ2n) is 4.70. The molecule has 106 valence electrons. The van der Waals surface area contributed by atoms with Crippen LogP contribution in [0, 0.1) is 0 Å². The summed E-state index contributed by atoms with van der Waals surface area (Å²) >= 11 is 4.08. The normalized spacial score (nSPS) is 18.7. The number of hydrogen-bond donors (Lipinski definition) is 0. The summed E-state index contributed by atoms with van der Waals surface area (Å²) in [6.45, 7) is 0. The predicted octanol–water partition coefficient (Wildman–Crippen LogP) is 4.46. The Balaban J connectivity index is 2.04. The van der Waals surface area contributed by atoms with Gasteiger partial charge in [0.05, 0.1) is 24.6 Å². The van der Waals surface area contributed by atoms with Crippen molar-refractivity contribution in [3.63, 3.8) is 0 Å². The van der Waals surface area contributed by atoms with Crippen molar-refractivity contribution < 1.29 is 4.74 Å². The predicted molar refractivity (Wildman–Crippen MR) is 88.6 cm³/mol. The third-order valence-corrected chi connectivity index (χ3v) is 5.39. The number of para-hydroxylation sites is 2. The summed E-state index contributed by atoms with van der Waals surface area (Å²) in [6, 6.07) is 8.35. The number of rotatable bonds is 2. The standard InChI is InChI=1S/C15H23NOS2/c1-17-15-9-5-4-8-14(15)16-12-18-10-6-2-3-7-11-19-13-16/h4-5,8-9H,2-3,6-7,10-13H2,1H3. The third kappa shape index (κ3) is 4.84. The van der Waals surface area contributed by atoms with Gasteiger partial charge in [0.25, 0.3) is 0 Å². The van der Waals surface area contributed by atoms with E-state index in [0.29, 0.717) is 0 Å². The van der Waals surface area contributed by atoms with Gasteiger partial charge >= 0.3 is 0 Å². The van der Waals surface area contributed by atoms with Crippen molar-refractivity contribution >= 4 is 29.2 Å². The molecular formula is C15H23NOS2. The van der Waals surface area contributed by atoms with Gasteiger partial charge in [0, 0.05) is 0 Å². The fourth-order valence-corrected chi connectivity index (χ4v) is 4.27. The second kappa shape index (κ2) is 8.64. The molecule has 0 spiro atoms. The molecule has 2 nitrogen and oxygen atoms in total. The minimum atomic E-state index is 0.985. The van der Waals surface area contributed by atoms with E-state index in [0.717, 1.165) is 17.5 Å². The Morgan fingerprint density at radius 1 is 0.947 bits per heavy atom. The van der Waals surface area contributed by atoms with Crippen molar-refractivity contribution in [1.29, 1.82) is 0 Å². The number of nitrogens with zero attached hydrogens (tertiary/aromatic N) is 1. The van der Waals surface area contributed by atoms with Gasteiger partial charge in [-0.1, -0.05) is 25.0 Å². The number of ether oxygens (including phenoxy) is 1. The highest BCUT2D eigenvalue weighted by atomic mass is 32.2. The number of hydrogen-bond acceptors (Lipinski definition) is 4. The van der Waals surface area contributed by atoms with Crippen LogP contribution in [0.1, 0.15) is 25.7 Å². The summed E-state index contributed by atoms with van der Waals surface area (Å²) in [7, 11) is 1.76. The molecule has 0 N–H and O–H groups in total. The van der Waals surface area contributed by atoms with Gasteiger partial charge in [-0.15, -0.1) is 23.5 Å². The molecular weight excluding hydrogens is 274 g/mol. The van der Waals surface area contributed by atoms with Crippen LogP contribution in [0.4, 0.5) is 5.69 Å². The second-order valence-corrected chi connectivity index (χ2v) is 6.85. The van der Waals surface area contributed by atoms with Crippen molar-refractivity contribution in [1.82, 2.24) is 0 Å². The molecule has 19 heavy (non-hydrogen) atoms. The minimum Gasteiger partial charge on any atom is -0.495 e. The zero-order valence-corrected chi connectivity index (χ0v) is 13.3. The molecule has 1 saturated heterocycles. The van der Waals surface area contributed by atoms with Crippen LogP contribution in [0.3, 0.4) is 0 Å². The summed E-state index contributed by atoms with van der Waals surface area (Å²) in [6.07, 6.45) is 5.49. The minimum absolute atomic E-state index is 0.985. The molecule has 0 saturated carbocycles. The Morgan fingerprint density at radius 2 is 1.58 bits per heavy atom. The molecule has 0 unspecified atom stereocenters. The zero-order chi connectivity index (χ0) is 13.3. The Hall–Kier alpha value is -0.480. The maximum absolute atomic E-state index is 5.49. The van der Waals surface area contributed by atoms with Crippen LogP contribution < -0.4 is 9.64 Å². The Labute approximate surface area is 125 Å². The first-order valence-corrected chi connectivity index (χ1v) is 9.26. The highest BCUT2D eigenvalue weighted by molar-refractivity contribution is 8.00. The summed E-state index contributed by atoms with van der Waals surface area (Å²) in [5.74, 6) is 5.66. The van der Waals surface area contributed by atoms with Crippen molar-refractivity contribution in [3.05, 3.63) is 24.3 Å². The third-order valence-electron chi connectivity index (χ3n) is 3.25. The number of anilines is 1. The van der Waals surface area contributed by atoms with E-state index in [1.807, 2.05) is 29.6 Å². The van der Waals surface area contributed by atoms with Gasteiger partial charge in [0.1, 0.15) is 5.75 Å². The van der Waals surface area contributed by atoms with Gasteiger partial charge in [0.15, 0.2) is 0 Å². The first-order valence-electron chi connectivity index (χ1n) is 6.95. The molecule has 1 aliphatic heterocycles. The van der Waals surface area contributed by atoms with E-state index < -0.39 is 0 Å². The molecule has 1 fully saturated rings. The lowest BCUT2D eigenvalue weighted by Gasteiger charge is -2.25. The average Bonchev–Trinajstić information content (AvgIpc) is 2.52. The van der Waals surface area contributed by atoms with E-state index in [4.69, 9.17) is 4.74 Å². The quantitative estimate of drug-likeness (QED) is 0.799. The Bertz CT molecular complexity index is 361. The molecule has 0 bridgehead atoms. The number of methoxy groups -OCH3 is 1. The first-order chi connectivity index (χ1) is 9.42. The van der Waals surface area contributed by atoms with E-state index in [-0.39, 0.29) is 0 Å². The summed E-state index contributed by atoms with van der Waals surface area (Å²) in [4.78, 5) is 2.44. The largest absolute Gasteiger partial charge is 0.495 e. The van der Waals surface area contributed by atoms with Crippen LogP contribution in [0.5, 0.6) is 5.75 Å². The molecule has 0 radical (unpaired) electrons. The molecule has 2 rings (SSSR count). The van der Waals surface area contributed by atoms with Crippen LogP contribution in [0.2, 0.25) is 0 Å². The monoisotopic (exact) mass is 297 g/mol. The molecule has 4 heteroatoms. The highest BCUT2D eigenvalue weighted by Crippen LogP contribution is 2.30. The van der Waals surface area contributed by atoms with Gasteiger partial charge in [-0.2, -0.15) is 0 Å². The molecule has 1 heterocycles. The summed E-state index contributed by atoms with van der Waals surface area (Å²) < 4.78 is 5.49. The zero-order valence-electron chi connectivity index (χ0n) is 11.6. The van der Waals surface area contributed by atoms with Gasteiger partial charge in [0.2, 0.25) is 0 Å². The maximum atomic E-state index is 5.49. The van der Waals surface area contributed by atoms with Crippen LogP contribution in [0.25, 0.3) is 0 Å². The molecule has 1 aromatic rings. The van der Waals surface area contributed by atoms with Gasteiger partial charge in [-0.05, 0) is 36.5 Å². The van der Waals surface area contributed by atoms with E-state index in [9.17, 15) is 0 Å². The highest BCUT2D eigenvalue weighted by Gasteiger charge is 2.12. The molecule has 1 aromatic carbocycles. The number of benzene rings is 1. The lowest BCUT2D eigenvalue weighted by atomic mass is 10.2. The lowest BCUT2D eigenvalue weighted by Crippen LogP contribution is -2.23. The molecule has 0 atom stereocenters. The van der Waals surface area contributed by atoms with Gasteiger partial charge < -0.3 is 9.64 Å². The fraction of sp³-hybridized carbons (Fsp3) is 0.600. The maximum Gasteiger partial charge on any atom is 0.142 e. The van der Waals surface area contributed by atoms with E-state index in [2.05, 4.69) is 23.1 Å². The SMILES string of the molecule is COc1ccccc1N1CSCCCCCCSC1. The van der Waals surface area contributed by atoms with Gasteiger partial charge in [-0.25, -0.2) is 0 Å². The van der Waals surface area contributed by atoms with E-state index >= 15 is 0 Å². The first kappa shape index (κ1) is 14.9. The van der Waals surface area contributed by atoms with Crippen molar-refractivity contribution in [2.24, 2.45) is 0 Å². The van der Waals surface area contributed by atoms with Crippen LogP contribution in [0.15, 0.2) is 24.3 Å². The molecule has 0 amide bonds. The average molecular weight is 297 g/mol. The Kier molecular flexibility index (Phi) is 6.79. The van der Waals surface area contributed by atoms with Crippen molar-refractivity contribution in [2.45, 2.75) is 25.7 Å². The fourth-order valence-electron chi connectivity index (χ4n) is 2.18. The van der Waals surface area contributed by atoms with Crippen molar-refractivity contribution in [3.8, 4) is 5.75 Å². The molecule has 0 aromatic heterocycles. The molecule has 1 aliphatic rings. The molecule has 0 aliphatic carbocycles. The smallest absolute Gasteiger partial charge is 0.142 e. The summed E-state index contributed by atoms with van der Waals surface area (Å²) in [5.41, 5.74) is 1.23. The van der Waals surface area contributed by atoms with E-state index in [1.165, 1.54) is 42.9 Å². The van der Waals surface area contributed by atoms with Crippen LogP contribution in [-0.2, 0) is 0 Å². The van der Waals surface area contributed by atoms with E-state index in [1.54, 1.807) is 7.11 Å².